The molecule has 1 aliphatic heterocycles. The van der Waals surface area contributed by atoms with Gasteiger partial charge in [0.25, 0.3) is 0 Å². The van der Waals surface area contributed by atoms with Gasteiger partial charge in [0.15, 0.2) is 0 Å². The van der Waals surface area contributed by atoms with Gasteiger partial charge >= 0.3 is 0 Å². The number of rotatable bonds is 2. The highest BCUT2D eigenvalue weighted by Crippen LogP contribution is 2.69. The van der Waals surface area contributed by atoms with Crippen LogP contribution in [0.25, 0.3) is 0 Å². The number of ketones is 2. The summed E-state index contributed by atoms with van der Waals surface area (Å²) in [5.41, 5.74) is -1.33. The summed E-state index contributed by atoms with van der Waals surface area (Å²) in [6.45, 7) is 8.38. The maximum Gasteiger partial charge on any atom is 0.237 e. The van der Waals surface area contributed by atoms with Crippen LogP contribution in [-0.4, -0.2) is 48.6 Å². The van der Waals surface area contributed by atoms with Crippen molar-refractivity contribution in [3.63, 3.8) is 0 Å². The molecule has 3 fully saturated rings. The number of anilines is 1. The molecule has 0 aromatic heterocycles. The Morgan fingerprint density at radius 2 is 1.50 bits per heavy atom. The lowest BCUT2D eigenvalue weighted by atomic mass is 9.64. The van der Waals surface area contributed by atoms with Gasteiger partial charge in [-0.2, -0.15) is 0 Å². The van der Waals surface area contributed by atoms with Gasteiger partial charge in [-0.1, -0.05) is 39.0 Å². The van der Waals surface area contributed by atoms with E-state index in [9.17, 15) is 14.4 Å². The van der Waals surface area contributed by atoms with Crippen LogP contribution in [0.2, 0.25) is 0 Å². The number of benzene rings is 1. The Hall–Kier alpha value is -2.17. The topological polar surface area (TPSA) is 57.7 Å². The number of amides is 1. The van der Waals surface area contributed by atoms with E-state index in [4.69, 9.17) is 0 Å². The molecular weight excluding hydrogens is 328 g/mol. The van der Waals surface area contributed by atoms with Gasteiger partial charge in [-0.3, -0.25) is 14.4 Å². The van der Waals surface area contributed by atoms with Crippen molar-refractivity contribution in [1.82, 2.24) is 4.90 Å². The number of piperazine rings is 1. The van der Waals surface area contributed by atoms with Crippen LogP contribution in [0, 0.1) is 16.2 Å². The zero-order chi connectivity index (χ0) is 18.7. The Kier molecular flexibility index (Phi) is 3.59. The van der Waals surface area contributed by atoms with E-state index in [0.717, 1.165) is 18.8 Å². The predicted octanol–water partition coefficient (Wildman–Crippen LogP) is 2.30. The van der Waals surface area contributed by atoms with Gasteiger partial charge in [-0.05, 0) is 30.4 Å². The number of hydrogen-bond acceptors (Lipinski definition) is 4. The molecule has 3 aliphatic rings. The van der Waals surface area contributed by atoms with Crippen LogP contribution in [0.15, 0.2) is 30.3 Å². The van der Waals surface area contributed by atoms with E-state index in [2.05, 4.69) is 17.0 Å². The Morgan fingerprint density at radius 1 is 0.885 bits per heavy atom. The van der Waals surface area contributed by atoms with Crippen LogP contribution in [0.3, 0.4) is 0 Å². The molecule has 0 N–H and O–H groups in total. The minimum Gasteiger partial charge on any atom is -0.368 e. The number of para-hydroxylation sites is 1. The summed E-state index contributed by atoms with van der Waals surface area (Å²) in [6, 6.07) is 10.2. The fraction of sp³-hybridized carbons (Fsp3) is 0.571. The molecule has 5 nitrogen and oxygen atoms in total. The second kappa shape index (κ2) is 5.41. The second-order valence-corrected chi connectivity index (χ2v) is 8.64. The first-order valence-electron chi connectivity index (χ1n) is 9.44. The Bertz CT molecular complexity index is 780. The Morgan fingerprint density at radius 3 is 2.04 bits per heavy atom. The first-order chi connectivity index (χ1) is 12.3. The lowest BCUT2D eigenvalue weighted by molar-refractivity contribution is -0.155. The van der Waals surface area contributed by atoms with E-state index in [0.29, 0.717) is 25.9 Å². The molecule has 138 valence electrons. The first-order valence-corrected chi connectivity index (χ1v) is 9.44. The number of carbonyl (C=O) groups is 3. The van der Waals surface area contributed by atoms with E-state index in [1.165, 1.54) is 0 Å². The fourth-order valence-electron chi connectivity index (χ4n) is 5.32. The number of hydrogen-bond donors (Lipinski definition) is 0. The third-order valence-electron chi connectivity index (χ3n) is 7.59. The molecule has 0 radical (unpaired) electrons. The van der Waals surface area contributed by atoms with Crippen LogP contribution in [0.1, 0.15) is 33.6 Å². The minimum atomic E-state index is -1.16. The van der Waals surface area contributed by atoms with Gasteiger partial charge in [0.05, 0.1) is 0 Å². The summed E-state index contributed by atoms with van der Waals surface area (Å²) >= 11 is 0. The molecule has 2 atom stereocenters. The van der Waals surface area contributed by atoms with Crippen LogP contribution >= 0.6 is 0 Å². The highest BCUT2D eigenvalue weighted by atomic mass is 16.2. The Labute approximate surface area is 154 Å². The van der Waals surface area contributed by atoms with Crippen molar-refractivity contribution in [2.45, 2.75) is 33.6 Å². The van der Waals surface area contributed by atoms with Crippen LogP contribution < -0.4 is 4.90 Å². The van der Waals surface area contributed by atoms with E-state index < -0.39 is 22.0 Å². The fourth-order valence-corrected chi connectivity index (χ4v) is 5.32. The third kappa shape index (κ3) is 1.89. The number of fused-ring (bicyclic) bond motifs is 2. The summed E-state index contributed by atoms with van der Waals surface area (Å²) in [6.07, 6.45) is 1.12. The van der Waals surface area contributed by atoms with Gasteiger partial charge in [0.2, 0.25) is 17.5 Å². The molecule has 1 heterocycles. The summed E-state index contributed by atoms with van der Waals surface area (Å²) < 4.78 is 0. The van der Waals surface area contributed by atoms with E-state index in [1.54, 1.807) is 0 Å². The van der Waals surface area contributed by atoms with Crippen molar-refractivity contribution in [1.29, 1.82) is 0 Å². The van der Waals surface area contributed by atoms with Crippen molar-refractivity contribution in [2.75, 3.05) is 31.1 Å². The monoisotopic (exact) mass is 354 g/mol. The van der Waals surface area contributed by atoms with E-state index in [1.807, 2.05) is 43.9 Å². The van der Waals surface area contributed by atoms with Gasteiger partial charge in [0.1, 0.15) is 5.41 Å². The standard InChI is InChI=1S/C21H26N2O3/c1-19(2)20(3)9-10-21(19,17(25)16(20)24)18(26)23-13-11-22(12-14-23)15-7-5-4-6-8-15/h4-8H,9-14H2,1-3H3/t20-,21+/m1/s1. The number of nitrogens with zero attached hydrogens (tertiary/aromatic N) is 2. The van der Waals surface area contributed by atoms with Gasteiger partial charge in [-0.15, -0.1) is 0 Å². The average Bonchev–Trinajstić information content (AvgIpc) is 2.93. The van der Waals surface area contributed by atoms with Gasteiger partial charge in [-0.25, -0.2) is 0 Å². The summed E-state index contributed by atoms with van der Waals surface area (Å²) in [5, 5.41) is 0. The molecule has 5 heteroatoms. The molecule has 1 amide bonds. The third-order valence-corrected chi connectivity index (χ3v) is 7.59. The van der Waals surface area contributed by atoms with Crippen molar-refractivity contribution in [3.8, 4) is 0 Å². The van der Waals surface area contributed by atoms with Gasteiger partial charge in [0, 0.05) is 37.3 Å². The van der Waals surface area contributed by atoms with Crippen molar-refractivity contribution in [3.05, 3.63) is 30.3 Å². The van der Waals surface area contributed by atoms with Crippen molar-refractivity contribution < 1.29 is 14.4 Å². The first kappa shape index (κ1) is 17.3. The van der Waals surface area contributed by atoms with E-state index in [-0.39, 0.29) is 11.7 Å². The number of carbonyl (C=O) groups excluding carboxylic acids is 3. The minimum absolute atomic E-state index is 0.130. The molecule has 4 rings (SSSR count). The van der Waals surface area contributed by atoms with Gasteiger partial charge < -0.3 is 9.80 Å². The lowest BCUT2D eigenvalue weighted by Crippen LogP contribution is -2.57. The molecule has 1 aromatic rings. The smallest absolute Gasteiger partial charge is 0.237 e. The SMILES string of the molecule is CC1(C)[C@@]2(C(=O)N3CCN(c4ccccc4)CC3)CC[C@]1(C)C(=O)C2=O. The molecule has 26 heavy (non-hydrogen) atoms. The quantitative estimate of drug-likeness (QED) is 0.604. The van der Waals surface area contributed by atoms with E-state index >= 15 is 0 Å². The lowest BCUT2D eigenvalue weighted by Gasteiger charge is -2.43. The maximum atomic E-state index is 13.5. The summed E-state index contributed by atoms with van der Waals surface area (Å²) in [5.74, 6) is -0.924. The maximum absolute atomic E-state index is 13.5. The number of Topliss-reactive ketones (excluding diaryl/α,β-unsaturated/α-hetero) is 2. The zero-order valence-corrected chi connectivity index (χ0v) is 15.7. The highest BCUT2D eigenvalue weighted by molar-refractivity contribution is 6.48. The zero-order valence-electron chi connectivity index (χ0n) is 15.7. The molecule has 1 saturated heterocycles. The van der Waals surface area contributed by atoms with Crippen molar-refractivity contribution in [2.24, 2.45) is 16.2 Å². The molecule has 2 saturated carbocycles. The molecular formula is C21H26N2O3. The van der Waals surface area contributed by atoms with Crippen LogP contribution in [0.4, 0.5) is 5.69 Å². The highest BCUT2D eigenvalue weighted by Gasteiger charge is 2.78. The summed E-state index contributed by atoms with van der Waals surface area (Å²) in [7, 11) is 0. The van der Waals surface area contributed by atoms with Crippen LogP contribution in [-0.2, 0) is 14.4 Å². The second-order valence-electron chi connectivity index (χ2n) is 8.64. The molecule has 0 spiro atoms. The average molecular weight is 354 g/mol. The molecule has 0 unspecified atom stereocenters. The predicted molar refractivity (Wildman–Crippen MR) is 98.8 cm³/mol. The summed E-state index contributed by atoms with van der Waals surface area (Å²) in [4.78, 5) is 43.0. The Balaban J connectivity index is 1.56. The normalized spacial score (nSPS) is 33.0. The van der Waals surface area contributed by atoms with Crippen LogP contribution in [0.5, 0.6) is 0 Å². The molecule has 2 aliphatic carbocycles. The molecule has 2 bridgehead atoms. The largest absolute Gasteiger partial charge is 0.368 e. The van der Waals surface area contributed by atoms with Crippen molar-refractivity contribution >= 4 is 23.2 Å². The molecule has 1 aromatic carbocycles.